The predicted octanol–water partition coefficient (Wildman–Crippen LogP) is 4.02. The van der Waals surface area contributed by atoms with E-state index < -0.39 is 5.97 Å². The van der Waals surface area contributed by atoms with Gasteiger partial charge in [-0.05, 0) is 24.3 Å². The molecule has 2 aromatic heterocycles. The summed E-state index contributed by atoms with van der Waals surface area (Å²) >= 11 is 6.02. The standard InChI is InChI=1S/C18H17ClN2O4/c1-10(13-9-12(19)4-5-20-13)6-16-21-14-7-11(18(22)24-3)8-15(23-2)17(14)25-16/h4-5,7-10H,6H2,1-3H3. The molecule has 6 nitrogen and oxygen atoms in total. The third-order valence-corrected chi connectivity index (χ3v) is 4.11. The van der Waals surface area contributed by atoms with E-state index in [9.17, 15) is 4.79 Å². The number of benzene rings is 1. The van der Waals surface area contributed by atoms with Crippen LogP contribution in [-0.2, 0) is 11.2 Å². The van der Waals surface area contributed by atoms with E-state index >= 15 is 0 Å². The Bertz CT molecular complexity index is 923. The summed E-state index contributed by atoms with van der Waals surface area (Å²) in [5.41, 5.74) is 2.26. The molecule has 1 atom stereocenters. The second-order valence-corrected chi connectivity index (χ2v) is 6.07. The van der Waals surface area contributed by atoms with Crippen LogP contribution in [0.4, 0.5) is 0 Å². The van der Waals surface area contributed by atoms with E-state index in [0.29, 0.717) is 39.7 Å². The smallest absolute Gasteiger partial charge is 0.338 e. The van der Waals surface area contributed by atoms with E-state index in [1.54, 1.807) is 24.4 Å². The van der Waals surface area contributed by atoms with E-state index in [1.165, 1.54) is 14.2 Å². The molecule has 0 aliphatic rings. The predicted molar refractivity (Wildman–Crippen MR) is 93.3 cm³/mol. The maximum atomic E-state index is 11.8. The number of halogens is 1. The molecule has 0 N–H and O–H groups in total. The molecule has 0 fully saturated rings. The molecule has 1 unspecified atom stereocenters. The van der Waals surface area contributed by atoms with Gasteiger partial charge in [-0.1, -0.05) is 18.5 Å². The molecule has 0 aliphatic carbocycles. The Balaban J connectivity index is 1.94. The zero-order valence-corrected chi connectivity index (χ0v) is 14.8. The summed E-state index contributed by atoms with van der Waals surface area (Å²) in [5.74, 6) is 0.578. The Morgan fingerprint density at radius 3 is 2.80 bits per heavy atom. The van der Waals surface area contributed by atoms with Crippen molar-refractivity contribution in [3.63, 3.8) is 0 Å². The number of esters is 1. The molecule has 0 saturated heterocycles. The first-order valence-corrected chi connectivity index (χ1v) is 8.06. The van der Waals surface area contributed by atoms with Gasteiger partial charge in [0.1, 0.15) is 5.52 Å². The van der Waals surface area contributed by atoms with Crippen molar-refractivity contribution >= 4 is 28.7 Å². The van der Waals surface area contributed by atoms with Crippen LogP contribution in [0, 0.1) is 0 Å². The summed E-state index contributed by atoms with van der Waals surface area (Å²) in [6.45, 7) is 2.02. The fourth-order valence-electron chi connectivity index (χ4n) is 2.58. The number of carbonyl (C=O) groups excluding carboxylic acids is 1. The Kier molecular flexibility index (Phi) is 4.90. The number of fused-ring (bicyclic) bond motifs is 1. The van der Waals surface area contributed by atoms with Crippen LogP contribution in [0.2, 0.25) is 5.02 Å². The number of pyridine rings is 1. The molecule has 0 spiro atoms. The molecule has 0 aliphatic heterocycles. The van der Waals surface area contributed by atoms with E-state index in [0.717, 1.165) is 5.69 Å². The van der Waals surface area contributed by atoms with Gasteiger partial charge >= 0.3 is 5.97 Å². The van der Waals surface area contributed by atoms with Crippen molar-refractivity contribution in [3.8, 4) is 5.75 Å². The lowest BCUT2D eigenvalue weighted by Gasteiger charge is -2.08. The van der Waals surface area contributed by atoms with Crippen molar-refractivity contribution in [2.45, 2.75) is 19.3 Å². The van der Waals surface area contributed by atoms with Crippen LogP contribution in [0.3, 0.4) is 0 Å². The van der Waals surface area contributed by atoms with Gasteiger partial charge in [0, 0.05) is 29.3 Å². The van der Waals surface area contributed by atoms with E-state index in [4.69, 9.17) is 25.5 Å². The summed E-state index contributed by atoms with van der Waals surface area (Å²) in [6, 6.07) is 6.76. The van der Waals surface area contributed by atoms with Crippen LogP contribution < -0.4 is 4.74 Å². The maximum Gasteiger partial charge on any atom is 0.338 e. The number of nitrogens with zero attached hydrogens (tertiary/aromatic N) is 2. The van der Waals surface area contributed by atoms with Crippen LogP contribution >= 0.6 is 11.6 Å². The molecule has 0 bridgehead atoms. The van der Waals surface area contributed by atoms with Crippen LogP contribution in [0.1, 0.15) is 34.8 Å². The van der Waals surface area contributed by atoms with Crippen molar-refractivity contribution in [2.24, 2.45) is 0 Å². The van der Waals surface area contributed by atoms with Gasteiger partial charge in [-0.25, -0.2) is 9.78 Å². The van der Waals surface area contributed by atoms with E-state index in [2.05, 4.69) is 9.97 Å². The van der Waals surface area contributed by atoms with Gasteiger partial charge in [0.05, 0.1) is 19.8 Å². The summed E-state index contributed by atoms with van der Waals surface area (Å²) in [4.78, 5) is 20.6. The second kappa shape index (κ2) is 7.11. The highest BCUT2D eigenvalue weighted by molar-refractivity contribution is 6.30. The van der Waals surface area contributed by atoms with E-state index in [1.807, 2.05) is 13.0 Å². The zero-order chi connectivity index (χ0) is 18.0. The van der Waals surface area contributed by atoms with Gasteiger partial charge in [-0.3, -0.25) is 4.98 Å². The minimum absolute atomic E-state index is 0.0674. The second-order valence-electron chi connectivity index (χ2n) is 5.63. The molecule has 3 aromatic rings. The summed E-state index contributed by atoms with van der Waals surface area (Å²) in [6.07, 6.45) is 2.21. The monoisotopic (exact) mass is 360 g/mol. The van der Waals surface area contributed by atoms with Gasteiger partial charge in [-0.2, -0.15) is 0 Å². The minimum Gasteiger partial charge on any atom is -0.493 e. The average Bonchev–Trinajstić information content (AvgIpc) is 3.02. The molecule has 0 amide bonds. The number of hydrogen-bond acceptors (Lipinski definition) is 6. The highest BCUT2D eigenvalue weighted by Crippen LogP contribution is 2.30. The van der Waals surface area contributed by atoms with E-state index in [-0.39, 0.29) is 5.92 Å². The summed E-state index contributed by atoms with van der Waals surface area (Å²) in [5, 5.41) is 0.638. The van der Waals surface area contributed by atoms with Gasteiger partial charge in [0.15, 0.2) is 17.2 Å². The Hall–Kier alpha value is -2.60. The number of oxazole rings is 1. The third kappa shape index (κ3) is 3.58. The first-order chi connectivity index (χ1) is 12.0. The first-order valence-electron chi connectivity index (χ1n) is 7.69. The zero-order valence-electron chi connectivity index (χ0n) is 14.1. The highest BCUT2D eigenvalue weighted by atomic mass is 35.5. The fourth-order valence-corrected chi connectivity index (χ4v) is 2.75. The molecule has 0 radical (unpaired) electrons. The fraction of sp³-hybridized carbons (Fsp3) is 0.278. The quantitative estimate of drug-likeness (QED) is 0.640. The Morgan fingerprint density at radius 1 is 1.32 bits per heavy atom. The SMILES string of the molecule is COC(=O)c1cc(OC)c2oc(CC(C)c3cc(Cl)ccn3)nc2c1. The third-order valence-electron chi connectivity index (χ3n) is 3.87. The number of ether oxygens (including phenoxy) is 2. The van der Waals surface area contributed by atoms with Gasteiger partial charge in [0.25, 0.3) is 0 Å². The van der Waals surface area contributed by atoms with Crippen LogP contribution in [0.25, 0.3) is 11.1 Å². The number of carbonyl (C=O) groups is 1. The van der Waals surface area contributed by atoms with Crippen molar-refractivity contribution in [2.75, 3.05) is 14.2 Å². The van der Waals surface area contributed by atoms with Gasteiger partial charge in [0.2, 0.25) is 0 Å². The summed E-state index contributed by atoms with van der Waals surface area (Å²) in [7, 11) is 2.84. The topological polar surface area (TPSA) is 74.5 Å². The summed E-state index contributed by atoms with van der Waals surface area (Å²) < 4.78 is 15.9. The lowest BCUT2D eigenvalue weighted by atomic mass is 10.0. The number of methoxy groups -OCH3 is 2. The average molecular weight is 361 g/mol. The molecule has 1 aromatic carbocycles. The largest absolute Gasteiger partial charge is 0.493 e. The van der Waals surface area contributed by atoms with Crippen molar-refractivity contribution < 1.29 is 18.7 Å². The number of rotatable bonds is 5. The maximum absolute atomic E-state index is 11.8. The van der Waals surface area contributed by atoms with Gasteiger partial charge < -0.3 is 13.9 Å². The lowest BCUT2D eigenvalue weighted by Crippen LogP contribution is -2.01. The van der Waals surface area contributed by atoms with Crippen LogP contribution in [0.5, 0.6) is 5.75 Å². The molecule has 3 rings (SSSR count). The molecular formula is C18H17ClN2O4. The highest BCUT2D eigenvalue weighted by Gasteiger charge is 2.18. The Morgan fingerprint density at radius 2 is 2.12 bits per heavy atom. The molecule has 2 heterocycles. The normalized spacial score (nSPS) is 12.2. The van der Waals surface area contributed by atoms with Crippen molar-refractivity contribution in [1.82, 2.24) is 9.97 Å². The van der Waals surface area contributed by atoms with Crippen LogP contribution in [0.15, 0.2) is 34.9 Å². The first kappa shape index (κ1) is 17.2. The molecule has 25 heavy (non-hydrogen) atoms. The number of hydrogen-bond donors (Lipinski definition) is 0. The molecular weight excluding hydrogens is 344 g/mol. The van der Waals surface area contributed by atoms with Crippen molar-refractivity contribution in [3.05, 3.63) is 52.6 Å². The molecule has 130 valence electrons. The number of aromatic nitrogens is 2. The minimum atomic E-state index is -0.457. The Labute approximate surface area is 149 Å². The van der Waals surface area contributed by atoms with Gasteiger partial charge in [-0.15, -0.1) is 0 Å². The molecule has 7 heteroatoms. The van der Waals surface area contributed by atoms with Crippen molar-refractivity contribution in [1.29, 1.82) is 0 Å². The molecule has 0 saturated carbocycles. The lowest BCUT2D eigenvalue weighted by molar-refractivity contribution is 0.0600. The van der Waals surface area contributed by atoms with Crippen LogP contribution in [-0.4, -0.2) is 30.2 Å².